The lowest BCUT2D eigenvalue weighted by molar-refractivity contribution is 0.687. The second-order valence-corrected chi connectivity index (χ2v) is 4.88. The van der Waals surface area contributed by atoms with Gasteiger partial charge in [-0.1, -0.05) is 32.0 Å². The van der Waals surface area contributed by atoms with Crippen LogP contribution < -0.4 is 5.73 Å². The summed E-state index contributed by atoms with van der Waals surface area (Å²) in [5.74, 6) is 1.36. The molecule has 82 valence electrons. The summed E-state index contributed by atoms with van der Waals surface area (Å²) in [5.41, 5.74) is 10.2. The minimum absolute atomic E-state index is 0.605. The van der Waals surface area contributed by atoms with E-state index in [9.17, 15) is 0 Å². The van der Waals surface area contributed by atoms with Crippen molar-refractivity contribution in [2.75, 3.05) is 6.54 Å². The van der Waals surface area contributed by atoms with Gasteiger partial charge in [0.25, 0.3) is 0 Å². The van der Waals surface area contributed by atoms with Gasteiger partial charge in [-0.05, 0) is 54.3 Å². The van der Waals surface area contributed by atoms with Crippen LogP contribution in [-0.4, -0.2) is 6.54 Å². The molecule has 0 aliphatic heterocycles. The van der Waals surface area contributed by atoms with Gasteiger partial charge in [0.15, 0.2) is 0 Å². The second kappa shape index (κ2) is 4.36. The molecule has 1 aliphatic rings. The number of benzene rings is 1. The molecule has 0 radical (unpaired) electrons. The Morgan fingerprint density at radius 1 is 1.47 bits per heavy atom. The maximum absolute atomic E-state index is 5.61. The maximum Gasteiger partial charge on any atom is -0.00715 e. The molecule has 2 N–H and O–H groups in total. The van der Waals surface area contributed by atoms with Crippen molar-refractivity contribution in [2.45, 2.75) is 44.9 Å². The molecular formula is C14H21N. The van der Waals surface area contributed by atoms with E-state index < -0.39 is 0 Å². The van der Waals surface area contributed by atoms with Gasteiger partial charge >= 0.3 is 0 Å². The van der Waals surface area contributed by atoms with Gasteiger partial charge in [0, 0.05) is 0 Å². The highest BCUT2D eigenvalue weighted by Crippen LogP contribution is 2.34. The van der Waals surface area contributed by atoms with E-state index in [2.05, 4.69) is 32.0 Å². The second-order valence-electron chi connectivity index (χ2n) is 4.88. The van der Waals surface area contributed by atoms with Gasteiger partial charge in [-0.2, -0.15) is 0 Å². The maximum atomic E-state index is 5.61. The Balaban J connectivity index is 2.25. The topological polar surface area (TPSA) is 26.0 Å². The van der Waals surface area contributed by atoms with Crippen LogP contribution in [-0.2, 0) is 6.42 Å². The van der Waals surface area contributed by atoms with Gasteiger partial charge < -0.3 is 5.73 Å². The molecule has 1 nitrogen and oxygen atoms in total. The fourth-order valence-electron chi connectivity index (χ4n) is 2.55. The minimum atomic E-state index is 0.605. The SMILES string of the molecule is CC(CCN)c1ccc2c(c1)C(C)CC2. The van der Waals surface area contributed by atoms with Crippen molar-refractivity contribution in [3.8, 4) is 0 Å². The standard InChI is InChI=1S/C14H21N/c1-10(7-8-15)13-6-5-12-4-3-11(2)14(12)9-13/h5-6,9-11H,3-4,7-8,15H2,1-2H3. The highest BCUT2D eigenvalue weighted by molar-refractivity contribution is 5.39. The van der Waals surface area contributed by atoms with Crippen molar-refractivity contribution in [1.29, 1.82) is 0 Å². The van der Waals surface area contributed by atoms with Crippen LogP contribution in [0, 0.1) is 0 Å². The molecule has 15 heavy (non-hydrogen) atoms. The molecule has 2 unspecified atom stereocenters. The summed E-state index contributed by atoms with van der Waals surface area (Å²) in [6.45, 7) is 5.39. The van der Waals surface area contributed by atoms with E-state index >= 15 is 0 Å². The quantitative estimate of drug-likeness (QED) is 0.802. The zero-order valence-electron chi connectivity index (χ0n) is 9.79. The monoisotopic (exact) mass is 203 g/mol. The Labute approximate surface area is 92.7 Å². The smallest absolute Gasteiger partial charge is 0.00715 e. The van der Waals surface area contributed by atoms with Crippen molar-refractivity contribution in [1.82, 2.24) is 0 Å². The number of hydrogen-bond donors (Lipinski definition) is 1. The zero-order chi connectivity index (χ0) is 10.8. The van der Waals surface area contributed by atoms with Crippen molar-refractivity contribution in [3.63, 3.8) is 0 Å². The molecule has 1 aromatic carbocycles. The van der Waals surface area contributed by atoms with E-state index in [1.807, 2.05) is 0 Å². The van der Waals surface area contributed by atoms with E-state index in [0.29, 0.717) is 5.92 Å². The van der Waals surface area contributed by atoms with Crippen LogP contribution in [0.15, 0.2) is 18.2 Å². The number of rotatable bonds is 3. The Bertz CT molecular complexity index is 343. The molecule has 2 rings (SSSR count). The van der Waals surface area contributed by atoms with E-state index in [1.165, 1.54) is 18.4 Å². The van der Waals surface area contributed by atoms with Crippen LogP contribution in [0.25, 0.3) is 0 Å². The van der Waals surface area contributed by atoms with Crippen molar-refractivity contribution < 1.29 is 0 Å². The summed E-state index contributed by atoms with van der Waals surface area (Å²) >= 11 is 0. The molecule has 1 heteroatoms. The minimum Gasteiger partial charge on any atom is -0.330 e. The fourth-order valence-corrected chi connectivity index (χ4v) is 2.55. The van der Waals surface area contributed by atoms with Crippen LogP contribution in [0.3, 0.4) is 0 Å². The Morgan fingerprint density at radius 3 is 3.00 bits per heavy atom. The summed E-state index contributed by atoms with van der Waals surface area (Å²) in [6, 6.07) is 7.02. The molecule has 0 amide bonds. The largest absolute Gasteiger partial charge is 0.330 e. The Hall–Kier alpha value is -0.820. The highest BCUT2D eigenvalue weighted by atomic mass is 14.5. The summed E-state index contributed by atoms with van der Waals surface area (Å²) in [5, 5.41) is 0. The molecule has 0 heterocycles. The van der Waals surface area contributed by atoms with E-state index in [4.69, 9.17) is 5.73 Å². The molecule has 0 saturated heterocycles. The van der Waals surface area contributed by atoms with E-state index in [0.717, 1.165) is 18.9 Å². The van der Waals surface area contributed by atoms with Crippen LogP contribution in [0.2, 0.25) is 0 Å². The molecule has 0 spiro atoms. The molecule has 0 saturated carbocycles. The summed E-state index contributed by atoms with van der Waals surface area (Å²) in [7, 11) is 0. The first-order valence-electron chi connectivity index (χ1n) is 6.05. The number of fused-ring (bicyclic) bond motifs is 1. The third-order valence-electron chi connectivity index (χ3n) is 3.72. The normalized spacial score (nSPS) is 21.4. The Morgan fingerprint density at radius 2 is 2.27 bits per heavy atom. The first-order valence-corrected chi connectivity index (χ1v) is 6.05. The number of hydrogen-bond acceptors (Lipinski definition) is 1. The van der Waals surface area contributed by atoms with Gasteiger partial charge in [-0.25, -0.2) is 0 Å². The predicted molar refractivity (Wildman–Crippen MR) is 65.3 cm³/mol. The molecule has 1 aromatic rings. The van der Waals surface area contributed by atoms with Gasteiger partial charge in [0.1, 0.15) is 0 Å². The number of nitrogens with two attached hydrogens (primary N) is 1. The van der Waals surface area contributed by atoms with Crippen LogP contribution >= 0.6 is 0 Å². The number of aryl methyl sites for hydroxylation is 1. The van der Waals surface area contributed by atoms with Gasteiger partial charge in [-0.15, -0.1) is 0 Å². The Kier molecular flexibility index (Phi) is 3.11. The molecule has 0 bridgehead atoms. The third-order valence-corrected chi connectivity index (χ3v) is 3.72. The van der Waals surface area contributed by atoms with Gasteiger partial charge in [0.2, 0.25) is 0 Å². The fraction of sp³-hybridized carbons (Fsp3) is 0.571. The van der Waals surface area contributed by atoms with Gasteiger partial charge in [-0.3, -0.25) is 0 Å². The molecule has 2 atom stereocenters. The van der Waals surface area contributed by atoms with E-state index in [1.54, 1.807) is 11.1 Å². The summed E-state index contributed by atoms with van der Waals surface area (Å²) in [4.78, 5) is 0. The lowest BCUT2D eigenvalue weighted by atomic mass is 9.93. The predicted octanol–water partition coefficient (Wildman–Crippen LogP) is 3.19. The summed E-state index contributed by atoms with van der Waals surface area (Å²) in [6.07, 6.45) is 3.68. The first kappa shape index (κ1) is 10.7. The average Bonchev–Trinajstić information content (AvgIpc) is 2.60. The van der Waals surface area contributed by atoms with Crippen molar-refractivity contribution in [3.05, 3.63) is 34.9 Å². The lowest BCUT2D eigenvalue weighted by Gasteiger charge is -2.13. The van der Waals surface area contributed by atoms with E-state index in [-0.39, 0.29) is 0 Å². The van der Waals surface area contributed by atoms with Crippen LogP contribution in [0.4, 0.5) is 0 Å². The molecular weight excluding hydrogens is 182 g/mol. The zero-order valence-corrected chi connectivity index (χ0v) is 9.79. The first-order chi connectivity index (χ1) is 7.22. The van der Waals surface area contributed by atoms with Crippen LogP contribution in [0.1, 0.15) is 55.2 Å². The third kappa shape index (κ3) is 2.07. The molecule has 0 aromatic heterocycles. The average molecular weight is 203 g/mol. The highest BCUT2D eigenvalue weighted by Gasteiger charge is 2.19. The lowest BCUT2D eigenvalue weighted by Crippen LogP contribution is -2.05. The van der Waals surface area contributed by atoms with Crippen molar-refractivity contribution in [2.24, 2.45) is 5.73 Å². The van der Waals surface area contributed by atoms with Crippen molar-refractivity contribution >= 4 is 0 Å². The molecule has 0 fully saturated rings. The van der Waals surface area contributed by atoms with Gasteiger partial charge in [0.05, 0.1) is 0 Å². The summed E-state index contributed by atoms with van der Waals surface area (Å²) < 4.78 is 0. The molecule has 1 aliphatic carbocycles. The van der Waals surface area contributed by atoms with Crippen LogP contribution in [0.5, 0.6) is 0 Å².